The summed E-state index contributed by atoms with van der Waals surface area (Å²) in [7, 11) is 0. The molecule has 0 saturated heterocycles. The molecule has 1 heterocycles. The molecular weight excluding hydrogens is 148 g/mol. The van der Waals surface area contributed by atoms with Crippen LogP contribution in [0.25, 0.3) is 0 Å². The summed E-state index contributed by atoms with van der Waals surface area (Å²) in [6, 6.07) is 4.18. The van der Waals surface area contributed by atoms with E-state index in [1.165, 1.54) is 0 Å². The lowest BCUT2D eigenvalue weighted by Crippen LogP contribution is -2.13. The first-order valence-electron chi connectivity index (χ1n) is 4.69. The molecule has 1 heteroatoms. The van der Waals surface area contributed by atoms with E-state index >= 15 is 0 Å². The average molecular weight is 166 g/mol. The molecule has 0 amide bonds. The van der Waals surface area contributed by atoms with E-state index in [1.807, 2.05) is 0 Å². The van der Waals surface area contributed by atoms with Gasteiger partial charge in [0.25, 0.3) is 0 Å². The first kappa shape index (κ1) is 9.37. The van der Waals surface area contributed by atoms with Gasteiger partial charge in [-0.15, -0.1) is 0 Å². The van der Waals surface area contributed by atoms with Crippen molar-refractivity contribution in [1.29, 1.82) is 0 Å². The maximum Gasteiger partial charge on any atom is 0.109 e. The Balaban J connectivity index is 2.88. The summed E-state index contributed by atoms with van der Waals surface area (Å²) >= 11 is 0. The molecule has 0 saturated carbocycles. The van der Waals surface area contributed by atoms with Crippen LogP contribution in [0, 0.1) is 0 Å². The minimum absolute atomic E-state index is 0.188. The van der Waals surface area contributed by atoms with Crippen LogP contribution >= 0.6 is 0 Å². The second kappa shape index (κ2) is 3.34. The van der Waals surface area contributed by atoms with Crippen LogP contribution in [0.1, 0.15) is 45.6 Å². The average Bonchev–Trinajstić information content (AvgIpc) is 2.52. The third-order valence-electron chi connectivity index (χ3n) is 2.56. The molecule has 0 bridgehead atoms. The topological polar surface area (TPSA) is 13.1 Å². The molecule has 1 aromatic rings. The van der Waals surface area contributed by atoms with Crippen molar-refractivity contribution in [2.24, 2.45) is 0 Å². The molecule has 1 aromatic heterocycles. The van der Waals surface area contributed by atoms with E-state index in [9.17, 15) is 0 Å². The number of furan rings is 1. The minimum Gasteiger partial charge on any atom is -0.466 e. The van der Waals surface area contributed by atoms with Crippen LogP contribution in [-0.2, 0) is 11.8 Å². The maximum atomic E-state index is 5.69. The fourth-order valence-corrected chi connectivity index (χ4v) is 1.11. The lowest BCUT2D eigenvalue weighted by molar-refractivity contribution is 0.360. The highest BCUT2D eigenvalue weighted by Crippen LogP contribution is 2.28. The van der Waals surface area contributed by atoms with Gasteiger partial charge in [-0.2, -0.15) is 0 Å². The summed E-state index contributed by atoms with van der Waals surface area (Å²) in [5, 5.41) is 0. The van der Waals surface area contributed by atoms with Crippen molar-refractivity contribution < 1.29 is 4.42 Å². The first-order valence-corrected chi connectivity index (χ1v) is 4.69. The molecule has 0 fully saturated rings. The van der Waals surface area contributed by atoms with Crippen molar-refractivity contribution >= 4 is 0 Å². The molecule has 12 heavy (non-hydrogen) atoms. The predicted molar refractivity (Wildman–Crippen MR) is 51.4 cm³/mol. The number of rotatable bonds is 3. The minimum atomic E-state index is 0.188. The van der Waals surface area contributed by atoms with Crippen LogP contribution in [0.5, 0.6) is 0 Å². The molecule has 0 radical (unpaired) electrons. The van der Waals surface area contributed by atoms with Crippen molar-refractivity contribution in [3.63, 3.8) is 0 Å². The Morgan fingerprint density at radius 3 is 2.33 bits per heavy atom. The summed E-state index contributed by atoms with van der Waals surface area (Å²) in [6.07, 6.45) is 2.10. The summed E-state index contributed by atoms with van der Waals surface area (Å²) in [5.41, 5.74) is 0.188. The van der Waals surface area contributed by atoms with Crippen molar-refractivity contribution in [3.8, 4) is 0 Å². The van der Waals surface area contributed by atoms with E-state index in [1.54, 1.807) is 0 Å². The van der Waals surface area contributed by atoms with Crippen LogP contribution < -0.4 is 0 Å². The Hall–Kier alpha value is -0.720. The van der Waals surface area contributed by atoms with Crippen LogP contribution in [0.4, 0.5) is 0 Å². The maximum absolute atomic E-state index is 5.69. The van der Waals surface area contributed by atoms with E-state index in [0.29, 0.717) is 0 Å². The SMILES string of the molecule is CCc1ccc(C(C)(C)CC)o1. The molecule has 1 rings (SSSR count). The molecule has 68 valence electrons. The fourth-order valence-electron chi connectivity index (χ4n) is 1.11. The Bertz CT molecular complexity index is 245. The Morgan fingerprint density at radius 1 is 1.25 bits per heavy atom. The van der Waals surface area contributed by atoms with E-state index in [-0.39, 0.29) is 5.41 Å². The van der Waals surface area contributed by atoms with Gasteiger partial charge in [0.05, 0.1) is 0 Å². The van der Waals surface area contributed by atoms with Crippen LogP contribution in [0.2, 0.25) is 0 Å². The molecule has 0 aliphatic carbocycles. The third-order valence-corrected chi connectivity index (χ3v) is 2.56. The lowest BCUT2D eigenvalue weighted by atomic mass is 9.88. The van der Waals surface area contributed by atoms with Gasteiger partial charge in [-0.1, -0.05) is 27.7 Å². The van der Waals surface area contributed by atoms with Gasteiger partial charge in [-0.05, 0) is 18.6 Å². The van der Waals surface area contributed by atoms with Gasteiger partial charge >= 0.3 is 0 Å². The normalized spacial score (nSPS) is 12.0. The summed E-state index contributed by atoms with van der Waals surface area (Å²) in [4.78, 5) is 0. The molecule has 0 aliphatic heterocycles. The molecule has 0 N–H and O–H groups in total. The van der Waals surface area contributed by atoms with E-state index in [0.717, 1.165) is 24.4 Å². The van der Waals surface area contributed by atoms with Crippen LogP contribution in [-0.4, -0.2) is 0 Å². The highest BCUT2D eigenvalue weighted by Gasteiger charge is 2.21. The quantitative estimate of drug-likeness (QED) is 0.669. The molecule has 0 aromatic carbocycles. The molecule has 0 atom stereocenters. The molecular formula is C11H18O. The number of hydrogen-bond donors (Lipinski definition) is 0. The van der Waals surface area contributed by atoms with Crippen molar-refractivity contribution in [1.82, 2.24) is 0 Å². The lowest BCUT2D eigenvalue weighted by Gasteiger charge is -2.19. The Labute approximate surface area is 74.8 Å². The van der Waals surface area contributed by atoms with Crippen LogP contribution in [0.15, 0.2) is 16.5 Å². The van der Waals surface area contributed by atoms with Gasteiger partial charge in [0.15, 0.2) is 0 Å². The van der Waals surface area contributed by atoms with Crippen molar-refractivity contribution in [3.05, 3.63) is 23.7 Å². The number of aryl methyl sites for hydroxylation is 1. The van der Waals surface area contributed by atoms with Gasteiger partial charge in [0.2, 0.25) is 0 Å². The van der Waals surface area contributed by atoms with E-state index < -0.39 is 0 Å². The van der Waals surface area contributed by atoms with Gasteiger partial charge in [0, 0.05) is 11.8 Å². The number of hydrogen-bond acceptors (Lipinski definition) is 1. The Kier molecular flexibility index (Phi) is 2.61. The van der Waals surface area contributed by atoms with Crippen LogP contribution in [0.3, 0.4) is 0 Å². The first-order chi connectivity index (χ1) is 5.60. The zero-order valence-electron chi connectivity index (χ0n) is 8.48. The Morgan fingerprint density at radius 2 is 1.92 bits per heavy atom. The van der Waals surface area contributed by atoms with Crippen molar-refractivity contribution in [2.75, 3.05) is 0 Å². The smallest absolute Gasteiger partial charge is 0.109 e. The van der Waals surface area contributed by atoms with E-state index in [2.05, 4.69) is 39.8 Å². The second-order valence-corrected chi connectivity index (χ2v) is 3.86. The highest BCUT2D eigenvalue weighted by molar-refractivity contribution is 5.14. The van der Waals surface area contributed by atoms with Gasteiger partial charge in [-0.25, -0.2) is 0 Å². The predicted octanol–water partition coefficient (Wildman–Crippen LogP) is 3.53. The zero-order valence-corrected chi connectivity index (χ0v) is 8.48. The summed E-state index contributed by atoms with van der Waals surface area (Å²) in [6.45, 7) is 8.73. The van der Waals surface area contributed by atoms with Crippen molar-refractivity contribution in [2.45, 2.75) is 46.0 Å². The zero-order chi connectivity index (χ0) is 9.19. The fraction of sp³-hybridized carbons (Fsp3) is 0.636. The molecule has 0 aliphatic rings. The molecule has 0 spiro atoms. The standard InChI is InChI=1S/C11H18O/c1-5-9-7-8-10(12-9)11(3,4)6-2/h7-8H,5-6H2,1-4H3. The second-order valence-electron chi connectivity index (χ2n) is 3.86. The molecule has 1 nitrogen and oxygen atoms in total. The highest BCUT2D eigenvalue weighted by atomic mass is 16.3. The molecule has 0 unspecified atom stereocenters. The van der Waals surface area contributed by atoms with E-state index in [4.69, 9.17) is 4.42 Å². The summed E-state index contributed by atoms with van der Waals surface area (Å²) in [5.74, 6) is 2.20. The van der Waals surface area contributed by atoms with Gasteiger partial charge < -0.3 is 4.42 Å². The largest absolute Gasteiger partial charge is 0.466 e. The third kappa shape index (κ3) is 1.71. The van der Waals surface area contributed by atoms with Gasteiger partial charge in [-0.3, -0.25) is 0 Å². The monoisotopic (exact) mass is 166 g/mol. The summed E-state index contributed by atoms with van der Waals surface area (Å²) < 4.78 is 5.69. The van der Waals surface area contributed by atoms with Gasteiger partial charge in [0.1, 0.15) is 11.5 Å².